The Balaban J connectivity index is 1.49. The van der Waals surface area contributed by atoms with E-state index < -0.39 is 0 Å². The van der Waals surface area contributed by atoms with Crippen LogP contribution in [0.3, 0.4) is 0 Å². The summed E-state index contributed by atoms with van der Waals surface area (Å²) in [5.74, 6) is 2.19. The van der Waals surface area contributed by atoms with Crippen LogP contribution in [0.1, 0.15) is 57.9 Å². The Morgan fingerprint density at radius 2 is 2.09 bits per heavy atom. The van der Waals surface area contributed by atoms with Crippen LogP contribution >= 0.6 is 0 Å². The molecule has 182 valence electrons. The van der Waals surface area contributed by atoms with E-state index in [2.05, 4.69) is 40.5 Å². The first-order valence-corrected chi connectivity index (χ1v) is 12.4. The lowest BCUT2D eigenvalue weighted by Crippen LogP contribution is -2.23. The van der Waals surface area contributed by atoms with Crippen molar-refractivity contribution in [1.82, 2.24) is 15.0 Å². The van der Waals surface area contributed by atoms with Crippen LogP contribution in [0.25, 0.3) is 11.0 Å². The number of amides is 1. The van der Waals surface area contributed by atoms with Crippen LogP contribution in [0.5, 0.6) is 5.75 Å². The maximum atomic E-state index is 12.3. The fraction of sp³-hybridized carbons (Fsp3) is 0.462. The van der Waals surface area contributed by atoms with Crippen LogP contribution in [0.15, 0.2) is 24.4 Å². The zero-order valence-corrected chi connectivity index (χ0v) is 20.2. The van der Waals surface area contributed by atoms with E-state index in [1.807, 2.05) is 18.2 Å². The van der Waals surface area contributed by atoms with Gasteiger partial charge in [0.15, 0.2) is 0 Å². The molecule has 1 aromatic carbocycles. The van der Waals surface area contributed by atoms with E-state index in [4.69, 9.17) is 9.72 Å². The largest absolute Gasteiger partial charge is 0.491 e. The molecule has 0 spiro atoms. The topological polar surface area (TPSA) is 119 Å². The maximum absolute atomic E-state index is 12.3. The second-order valence-corrected chi connectivity index (χ2v) is 9.72. The first kappa shape index (κ1) is 23.0. The average molecular weight is 474 g/mol. The Kier molecular flexibility index (Phi) is 6.45. The summed E-state index contributed by atoms with van der Waals surface area (Å²) in [6.45, 7) is 5.45. The van der Waals surface area contributed by atoms with E-state index in [9.17, 15) is 10.1 Å². The van der Waals surface area contributed by atoms with Gasteiger partial charge < -0.3 is 25.3 Å². The van der Waals surface area contributed by atoms with Gasteiger partial charge in [0.2, 0.25) is 11.9 Å². The molecule has 9 heteroatoms. The van der Waals surface area contributed by atoms with Gasteiger partial charge >= 0.3 is 0 Å². The number of benzene rings is 1. The summed E-state index contributed by atoms with van der Waals surface area (Å²) in [6.07, 6.45) is 7.67. The van der Waals surface area contributed by atoms with Crippen LogP contribution in [0.2, 0.25) is 0 Å². The van der Waals surface area contributed by atoms with Gasteiger partial charge in [0.05, 0.1) is 23.2 Å². The van der Waals surface area contributed by atoms with E-state index in [1.54, 1.807) is 11.1 Å². The Morgan fingerprint density at radius 1 is 1.26 bits per heavy atom. The minimum atomic E-state index is 0.136. The second kappa shape index (κ2) is 9.82. The predicted octanol–water partition coefficient (Wildman–Crippen LogP) is 5.09. The highest BCUT2D eigenvalue weighted by atomic mass is 16.5. The Bertz CT molecular complexity index is 1270. The van der Waals surface area contributed by atoms with Gasteiger partial charge in [-0.3, -0.25) is 4.79 Å². The summed E-state index contributed by atoms with van der Waals surface area (Å²) >= 11 is 0. The van der Waals surface area contributed by atoms with Crippen LogP contribution in [-0.2, 0) is 4.79 Å². The van der Waals surface area contributed by atoms with Crippen molar-refractivity contribution in [3.8, 4) is 11.8 Å². The molecule has 0 bridgehead atoms. The molecule has 0 atom stereocenters. The van der Waals surface area contributed by atoms with Crippen molar-refractivity contribution < 1.29 is 9.53 Å². The van der Waals surface area contributed by atoms with E-state index in [-0.39, 0.29) is 5.91 Å². The average Bonchev–Trinajstić information content (AvgIpc) is 3.59. The highest BCUT2D eigenvalue weighted by Crippen LogP contribution is 2.35. The quantitative estimate of drug-likeness (QED) is 0.417. The van der Waals surface area contributed by atoms with Gasteiger partial charge in [0, 0.05) is 37.0 Å². The van der Waals surface area contributed by atoms with Crippen molar-refractivity contribution >= 4 is 40.1 Å². The third kappa shape index (κ3) is 4.87. The lowest BCUT2D eigenvalue weighted by molar-refractivity contribution is -0.117. The van der Waals surface area contributed by atoms with Crippen molar-refractivity contribution in [2.75, 3.05) is 28.7 Å². The van der Waals surface area contributed by atoms with Crippen LogP contribution in [-0.4, -0.2) is 40.1 Å². The summed E-state index contributed by atoms with van der Waals surface area (Å²) in [7, 11) is 0. The number of hydrogen-bond acceptors (Lipinski definition) is 7. The normalized spacial score (nSPS) is 16.3. The Morgan fingerprint density at radius 3 is 2.80 bits per heavy atom. The lowest BCUT2D eigenvalue weighted by Gasteiger charge is -2.20. The zero-order valence-electron chi connectivity index (χ0n) is 20.2. The van der Waals surface area contributed by atoms with Gasteiger partial charge in [0.1, 0.15) is 23.3 Å². The summed E-state index contributed by atoms with van der Waals surface area (Å²) < 4.78 is 6.13. The monoisotopic (exact) mass is 473 g/mol. The summed E-state index contributed by atoms with van der Waals surface area (Å²) in [6, 6.07) is 8.31. The van der Waals surface area contributed by atoms with E-state index >= 15 is 0 Å². The highest BCUT2D eigenvalue weighted by Gasteiger charge is 2.24. The molecule has 1 amide bonds. The molecule has 1 aliphatic heterocycles. The predicted molar refractivity (Wildman–Crippen MR) is 136 cm³/mol. The number of carbonyl (C=O) groups is 1. The van der Waals surface area contributed by atoms with E-state index in [0.29, 0.717) is 59.1 Å². The number of rotatable bonds is 8. The van der Waals surface area contributed by atoms with E-state index in [1.165, 1.54) is 12.8 Å². The lowest BCUT2D eigenvalue weighted by atomic mass is 10.2. The maximum Gasteiger partial charge on any atom is 0.231 e. The number of nitrogens with zero attached hydrogens (tertiary/aromatic N) is 4. The Labute approximate surface area is 204 Å². The summed E-state index contributed by atoms with van der Waals surface area (Å²) in [5, 5.41) is 17.1. The molecule has 0 unspecified atom stereocenters. The molecular weight excluding hydrogens is 442 g/mol. The van der Waals surface area contributed by atoms with Crippen molar-refractivity contribution in [1.29, 1.82) is 5.26 Å². The molecule has 2 aliphatic rings. The van der Waals surface area contributed by atoms with Crippen LogP contribution in [0.4, 0.5) is 23.1 Å². The van der Waals surface area contributed by atoms with Crippen molar-refractivity contribution in [2.45, 2.75) is 58.4 Å². The van der Waals surface area contributed by atoms with Crippen molar-refractivity contribution in [2.24, 2.45) is 5.92 Å². The third-order valence-electron chi connectivity index (χ3n) is 6.52. The molecule has 1 saturated carbocycles. The van der Waals surface area contributed by atoms with Crippen LogP contribution in [0, 0.1) is 17.2 Å². The number of fused-ring (bicyclic) bond motifs is 1. The molecule has 1 aliphatic carbocycles. The standard InChI is InChI=1S/C26H31N7O2/c1-16(2)15-35-21-12-19(33-11-5-8-22(33)34)9-10-20(21)30-26-31-24-23(17(13-27)14-28-24)25(32-26)29-18-6-3-4-7-18/h9-10,12,14,16,18H,3-8,11,15H2,1-2H3,(H3,28,29,30,31,32). The van der Waals surface area contributed by atoms with Gasteiger partial charge in [-0.1, -0.05) is 26.7 Å². The smallest absolute Gasteiger partial charge is 0.231 e. The first-order chi connectivity index (χ1) is 17.0. The first-order valence-electron chi connectivity index (χ1n) is 12.4. The van der Waals surface area contributed by atoms with Gasteiger partial charge in [-0.2, -0.15) is 15.2 Å². The molecule has 35 heavy (non-hydrogen) atoms. The summed E-state index contributed by atoms with van der Waals surface area (Å²) in [4.78, 5) is 26.6. The molecule has 3 heterocycles. The molecule has 2 fully saturated rings. The van der Waals surface area contributed by atoms with Crippen molar-refractivity contribution in [3.05, 3.63) is 30.0 Å². The van der Waals surface area contributed by atoms with Gasteiger partial charge in [0.25, 0.3) is 0 Å². The summed E-state index contributed by atoms with van der Waals surface area (Å²) in [5.41, 5.74) is 2.68. The molecule has 1 saturated heterocycles. The number of aromatic nitrogens is 3. The number of aromatic amines is 1. The molecular formula is C26H31N7O2. The second-order valence-electron chi connectivity index (χ2n) is 9.72. The molecule has 2 aromatic heterocycles. The minimum absolute atomic E-state index is 0.136. The van der Waals surface area contributed by atoms with Crippen molar-refractivity contribution in [3.63, 3.8) is 0 Å². The van der Waals surface area contributed by atoms with Gasteiger partial charge in [-0.25, -0.2) is 0 Å². The van der Waals surface area contributed by atoms with Gasteiger partial charge in [-0.05, 0) is 37.3 Å². The number of nitriles is 1. The van der Waals surface area contributed by atoms with Gasteiger partial charge in [-0.15, -0.1) is 0 Å². The molecule has 3 aromatic rings. The number of H-pyrrole nitrogens is 1. The number of hydrogen-bond donors (Lipinski definition) is 3. The molecule has 3 N–H and O–H groups in total. The number of carbonyl (C=O) groups excluding carboxylic acids is 1. The SMILES string of the molecule is CC(C)COc1cc(N2CCCC2=O)ccc1Nc1nc(NC2CCCC2)c2c(C#N)c[nH]c2n1. The fourth-order valence-corrected chi connectivity index (χ4v) is 4.74. The number of nitrogens with one attached hydrogen (secondary N) is 3. The highest BCUT2D eigenvalue weighted by molar-refractivity contribution is 5.96. The zero-order chi connectivity index (χ0) is 24.4. The molecule has 5 rings (SSSR count). The number of ether oxygens (including phenoxy) is 1. The fourth-order valence-electron chi connectivity index (χ4n) is 4.74. The molecule has 9 nitrogen and oxygen atoms in total. The minimum Gasteiger partial charge on any atom is -0.491 e. The molecule has 0 radical (unpaired) electrons. The van der Waals surface area contributed by atoms with E-state index in [0.717, 1.165) is 37.2 Å². The van der Waals surface area contributed by atoms with Crippen LogP contribution < -0.4 is 20.3 Å². The Hall–Kier alpha value is -3.80. The third-order valence-corrected chi connectivity index (χ3v) is 6.52. The number of anilines is 4.